The Hall–Kier alpha value is -0.930. The molecule has 1 aliphatic carbocycles. The van der Waals surface area contributed by atoms with Gasteiger partial charge in [0.1, 0.15) is 5.75 Å². The predicted octanol–water partition coefficient (Wildman–Crippen LogP) is 4.07. The molecule has 20 heavy (non-hydrogen) atoms. The van der Waals surface area contributed by atoms with Crippen molar-refractivity contribution in [1.82, 2.24) is 5.32 Å². The Morgan fingerprint density at radius 3 is 2.85 bits per heavy atom. The summed E-state index contributed by atoms with van der Waals surface area (Å²) < 4.78 is 5.43. The molecule has 1 amide bonds. The lowest BCUT2D eigenvalue weighted by Gasteiger charge is -2.29. The fourth-order valence-corrected chi connectivity index (χ4v) is 2.84. The topological polar surface area (TPSA) is 38.3 Å². The molecular weight excluding hydrogens is 297 g/mol. The van der Waals surface area contributed by atoms with E-state index in [1.165, 1.54) is 19.3 Å². The molecule has 0 saturated heterocycles. The molecule has 1 fully saturated rings. The second-order valence-corrected chi connectivity index (χ2v) is 6.14. The van der Waals surface area contributed by atoms with Gasteiger partial charge in [-0.05, 0) is 30.9 Å². The maximum atomic E-state index is 11.9. The van der Waals surface area contributed by atoms with Crippen LogP contribution < -0.4 is 10.1 Å². The van der Waals surface area contributed by atoms with Gasteiger partial charge in [0, 0.05) is 17.1 Å². The molecular formula is C15H19Cl2NO2. The molecule has 5 heteroatoms. The average Bonchev–Trinajstić information content (AvgIpc) is 2.42. The third kappa shape index (κ3) is 4.29. The number of nitrogens with one attached hydrogen (secondary N) is 1. The Kier molecular flexibility index (Phi) is 5.55. The van der Waals surface area contributed by atoms with Crippen molar-refractivity contribution in [1.29, 1.82) is 0 Å². The lowest BCUT2D eigenvalue weighted by Crippen LogP contribution is -2.43. The van der Waals surface area contributed by atoms with E-state index in [1.54, 1.807) is 18.2 Å². The summed E-state index contributed by atoms with van der Waals surface area (Å²) >= 11 is 11.8. The van der Waals surface area contributed by atoms with Gasteiger partial charge in [0.25, 0.3) is 5.91 Å². The van der Waals surface area contributed by atoms with Crippen LogP contribution in [-0.4, -0.2) is 18.6 Å². The van der Waals surface area contributed by atoms with Crippen molar-refractivity contribution in [3.05, 3.63) is 28.2 Å². The minimum atomic E-state index is -0.111. The highest BCUT2D eigenvalue weighted by molar-refractivity contribution is 6.34. The zero-order chi connectivity index (χ0) is 14.5. The summed E-state index contributed by atoms with van der Waals surface area (Å²) in [5.41, 5.74) is 0. The Morgan fingerprint density at radius 1 is 1.35 bits per heavy atom. The van der Waals surface area contributed by atoms with Crippen LogP contribution in [0.3, 0.4) is 0 Å². The minimum Gasteiger partial charge on any atom is -0.482 e. The van der Waals surface area contributed by atoms with Gasteiger partial charge in [0.2, 0.25) is 0 Å². The van der Waals surface area contributed by atoms with E-state index in [-0.39, 0.29) is 18.6 Å². The Bertz CT molecular complexity index is 479. The summed E-state index contributed by atoms with van der Waals surface area (Å²) in [5.74, 6) is 0.855. The van der Waals surface area contributed by atoms with Gasteiger partial charge in [-0.1, -0.05) is 43.0 Å². The van der Waals surface area contributed by atoms with Crippen LogP contribution in [0.2, 0.25) is 10.0 Å². The molecule has 1 aromatic rings. The van der Waals surface area contributed by atoms with Crippen LogP contribution in [0.1, 0.15) is 32.6 Å². The van der Waals surface area contributed by atoms with Gasteiger partial charge in [-0.3, -0.25) is 4.79 Å². The van der Waals surface area contributed by atoms with Crippen LogP contribution in [-0.2, 0) is 4.79 Å². The highest BCUT2D eigenvalue weighted by Crippen LogP contribution is 2.27. The molecule has 1 aromatic carbocycles. The van der Waals surface area contributed by atoms with Gasteiger partial charge in [0.05, 0.1) is 5.02 Å². The van der Waals surface area contributed by atoms with E-state index >= 15 is 0 Å². The molecule has 0 unspecified atom stereocenters. The number of rotatable bonds is 4. The molecule has 0 radical (unpaired) electrons. The fourth-order valence-electron chi connectivity index (χ4n) is 2.51. The normalized spacial score (nSPS) is 22.4. The van der Waals surface area contributed by atoms with Gasteiger partial charge in [-0.25, -0.2) is 0 Å². The summed E-state index contributed by atoms with van der Waals surface area (Å²) in [7, 11) is 0. The molecule has 1 N–H and O–H groups in total. The number of benzene rings is 1. The summed E-state index contributed by atoms with van der Waals surface area (Å²) in [6.07, 6.45) is 4.65. The van der Waals surface area contributed by atoms with Crippen LogP contribution >= 0.6 is 23.2 Å². The molecule has 110 valence electrons. The zero-order valence-corrected chi connectivity index (χ0v) is 13.0. The maximum Gasteiger partial charge on any atom is 0.258 e. The van der Waals surface area contributed by atoms with Gasteiger partial charge in [-0.15, -0.1) is 0 Å². The molecule has 0 aliphatic heterocycles. The van der Waals surface area contributed by atoms with E-state index < -0.39 is 0 Å². The molecule has 0 bridgehead atoms. The third-order valence-corrected chi connectivity index (χ3v) is 4.26. The number of carbonyl (C=O) groups excluding carboxylic acids is 1. The Morgan fingerprint density at radius 2 is 2.10 bits per heavy atom. The van der Waals surface area contributed by atoms with E-state index in [0.29, 0.717) is 21.7 Å². The van der Waals surface area contributed by atoms with Gasteiger partial charge < -0.3 is 10.1 Å². The highest BCUT2D eigenvalue weighted by Gasteiger charge is 2.22. The molecule has 0 aromatic heterocycles. The average molecular weight is 316 g/mol. The quantitative estimate of drug-likeness (QED) is 0.909. The Balaban J connectivity index is 1.84. The lowest BCUT2D eigenvalue weighted by atomic mass is 9.86. The number of halogens is 2. The molecule has 2 rings (SSSR count). The smallest absolute Gasteiger partial charge is 0.258 e. The molecule has 0 heterocycles. The third-order valence-electron chi connectivity index (χ3n) is 3.71. The molecule has 1 saturated carbocycles. The van der Waals surface area contributed by atoms with E-state index in [2.05, 4.69) is 12.2 Å². The van der Waals surface area contributed by atoms with E-state index in [1.807, 2.05) is 0 Å². The van der Waals surface area contributed by atoms with Crippen molar-refractivity contribution < 1.29 is 9.53 Å². The van der Waals surface area contributed by atoms with Crippen molar-refractivity contribution in [2.75, 3.05) is 6.61 Å². The molecule has 0 spiro atoms. The van der Waals surface area contributed by atoms with Gasteiger partial charge in [-0.2, -0.15) is 0 Å². The van der Waals surface area contributed by atoms with Crippen molar-refractivity contribution in [3.8, 4) is 5.75 Å². The second kappa shape index (κ2) is 7.19. The minimum absolute atomic E-state index is 0.0384. The largest absolute Gasteiger partial charge is 0.482 e. The Labute approximate surface area is 129 Å². The standard InChI is InChI=1S/C15H19Cl2NO2/c1-10-4-2-3-5-13(10)18-15(19)9-20-14-8-11(16)6-7-12(14)17/h6-8,10,13H,2-5,9H2,1H3,(H,18,19)/t10-,13-/m0/s1. The van der Waals surface area contributed by atoms with Crippen molar-refractivity contribution in [2.45, 2.75) is 38.6 Å². The fraction of sp³-hybridized carbons (Fsp3) is 0.533. The van der Waals surface area contributed by atoms with Crippen molar-refractivity contribution in [3.63, 3.8) is 0 Å². The van der Waals surface area contributed by atoms with Crippen molar-refractivity contribution >= 4 is 29.1 Å². The first kappa shape index (κ1) is 15.5. The SMILES string of the molecule is C[C@H]1CCCC[C@@H]1NC(=O)COc1cc(Cl)ccc1Cl. The van der Waals surface area contributed by atoms with Crippen molar-refractivity contribution in [2.24, 2.45) is 5.92 Å². The zero-order valence-electron chi connectivity index (χ0n) is 11.5. The van der Waals surface area contributed by atoms with E-state index in [9.17, 15) is 4.79 Å². The van der Waals surface area contributed by atoms with Crippen LogP contribution in [0, 0.1) is 5.92 Å². The summed E-state index contributed by atoms with van der Waals surface area (Å²) in [6, 6.07) is 5.20. The van der Waals surface area contributed by atoms with Gasteiger partial charge >= 0.3 is 0 Å². The summed E-state index contributed by atoms with van der Waals surface area (Å²) in [6.45, 7) is 2.14. The van der Waals surface area contributed by atoms with Crippen LogP contribution in [0.15, 0.2) is 18.2 Å². The number of carbonyl (C=O) groups is 1. The summed E-state index contributed by atoms with van der Waals surface area (Å²) in [4.78, 5) is 11.9. The monoisotopic (exact) mass is 315 g/mol. The molecule has 2 atom stereocenters. The summed E-state index contributed by atoms with van der Waals surface area (Å²) in [5, 5.41) is 4.02. The predicted molar refractivity (Wildman–Crippen MR) is 81.5 cm³/mol. The molecule has 3 nitrogen and oxygen atoms in total. The first-order valence-electron chi connectivity index (χ1n) is 6.93. The van der Waals surface area contributed by atoms with Gasteiger partial charge in [0.15, 0.2) is 6.61 Å². The number of amides is 1. The number of hydrogen-bond donors (Lipinski definition) is 1. The lowest BCUT2D eigenvalue weighted by molar-refractivity contribution is -0.124. The molecule has 1 aliphatic rings. The first-order valence-corrected chi connectivity index (χ1v) is 7.69. The van der Waals surface area contributed by atoms with Crippen LogP contribution in [0.4, 0.5) is 0 Å². The van der Waals surface area contributed by atoms with Crippen LogP contribution in [0.25, 0.3) is 0 Å². The van der Waals surface area contributed by atoms with E-state index in [4.69, 9.17) is 27.9 Å². The van der Waals surface area contributed by atoms with E-state index in [0.717, 1.165) is 6.42 Å². The maximum absolute atomic E-state index is 11.9. The highest BCUT2D eigenvalue weighted by atomic mass is 35.5. The second-order valence-electron chi connectivity index (χ2n) is 5.30. The van der Waals surface area contributed by atoms with Crippen LogP contribution in [0.5, 0.6) is 5.75 Å². The number of ether oxygens (including phenoxy) is 1. The number of hydrogen-bond acceptors (Lipinski definition) is 2. The first-order chi connectivity index (χ1) is 9.56.